The van der Waals surface area contributed by atoms with E-state index < -0.39 is 47.5 Å². The molecule has 0 aromatic heterocycles. The van der Waals surface area contributed by atoms with E-state index in [9.17, 15) is 28.8 Å². The van der Waals surface area contributed by atoms with Crippen LogP contribution in [0.4, 0.5) is 0 Å². The lowest BCUT2D eigenvalue weighted by Gasteiger charge is -2.41. The molecule has 2 saturated heterocycles. The average Bonchev–Trinajstić information content (AvgIpc) is 4.12. The number of hydrogen-bond acceptors (Lipinski definition) is 10. The number of ether oxygens (including phenoxy) is 4. The molecule has 2 aliphatic rings. The van der Waals surface area contributed by atoms with Crippen LogP contribution >= 0.6 is 0 Å². The number of nitrogens with one attached hydrogen (secondary N) is 4. The third-order valence-corrected chi connectivity index (χ3v) is 13.4. The van der Waals surface area contributed by atoms with Gasteiger partial charge in [0.05, 0.1) is 25.9 Å². The summed E-state index contributed by atoms with van der Waals surface area (Å²) in [6.07, 6.45) is 12.3. The van der Waals surface area contributed by atoms with Gasteiger partial charge in [0.25, 0.3) is 5.91 Å². The van der Waals surface area contributed by atoms with Crippen molar-refractivity contribution >= 4 is 35.4 Å². The molecule has 2 heterocycles. The highest BCUT2D eigenvalue weighted by molar-refractivity contribution is 5.99. The van der Waals surface area contributed by atoms with Crippen LogP contribution in [0, 0.1) is 24.2 Å². The summed E-state index contributed by atoms with van der Waals surface area (Å²) in [6.45, 7) is 14.2. The number of Topliss-reactive ketones (excluding diaryl/α,β-unsaturated/α-hetero) is 1. The summed E-state index contributed by atoms with van der Waals surface area (Å²) in [5.41, 5.74) is 1.63. The maximum atomic E-state index is 14.6. The first-order valence-corrected chi connectivity index (χ1v) is 26.3. The molecule has 73 heavy (non-hydrogen) atoms. The molecular weight excluding hydrogens is 927 g/mol. The van der Waals surface area contributed by atoms with E-state index in [1.165, 1.54) is 0 Å². The number of esters is 1. The van der Waals surface area contributed by atoms with E-state index in [0.29, 0.717) is 62.3 Å². The average molecular weight is 1010 g/mol. The molecular formula is C58H80N5O10+. The summed E-state index contributed by atoms with van der Waals surface area (Å²) in [7, 11) is 0. The second-order valence-corrected chi connectivity index (χ2v) is 20.8. The van der Waals surface area contributed by atoms with E-state index in [-0.39, 0.29) is 74.3 Å². The maximum Gasteiger partial charge on any atom is 0.311 e. The van der Waals surface area contributed by atoms with Crippen LogP contribution in [0.2, 0.25) is 0 Å². The Hall–Kier alpha value is -6.08. The number of aryl methyl sites for hydroxylation is 1. The molecule has 4 N–H and O–H groups in total. The number of carbonyl (C=O) groups excluding carboxylic acids is 6. The van der Waals surface area contributed by atoms with Crippen LogP contribution in [0.3, 0.4) is 0 Å². The lowest BCUT2D eigenvalue weighted by molar-refractivity contribution is -0.940. The van der Waals surface area contributed by atoms with E-state index in [0.717, 1.165) is 48.8 Å². The first-order valence-electron chi connectivity index (χ1n) is 26.3. The smallest absolute Gasteiger partial charge is 0.311 e. The van der Waals surface area contributed by atoms with Gasteiger partial charge in [0, 0.05) is 18.4 Å². The first kappa shape index (κ1) is 57.8. The van der Waals surface area contributed by atoms with Crippen molar-refractivity contribution in [2.45, 2.75) is 148 Å². The highest BCUT2D eigenvalue weighted by Crippen LogP contribution is 2.32. The molecule has 15 heteroatoms. The quantitative estimate of drug-likeness (QED) is 0.0137. The van der Waals surface area contributed by atoms with Crippen molar-refractivity contribution in [3.05, 3.63) is 95.6 Å². The van der Waals surface area contributed by atoms with Crippen molar-refractivity contribution in [1.82, 2.24) is 21.3 Å². The monoisotopic (exact) mass is 1010 g/mol. The highest BCUT2D eigenvalue weighted by atomic mass is 16.6. The molecule has 4 unspecified atom stereocenters. The second kappa shape index (κ2) is 29.0. The van der Waals surface area contributed by atoms with Gasteiger partial charge < -0.3 is 44.7 Å². The van der Waals surface area contributed by atoms with Crippen LogP contribution in [0.15, 0.2) is 78.9 Å². The Labute approximate surface area is 433 Å². The van der Waals surface area contributed by atoms with Crippen molar-refractivity contribution < 1.29 is 52.2 Å². The second-order valence-electron chi connectivity index (χ2n) is 20.8. The molecule has 2 fully saturated rings. The van der Waals surface area contributed by atoms with Gasteiger partial charge >= 0.3 is 5.97 Å². The lowest BCUT2D eigenvalue weighted by atomic mass is 9.93. The van der Waals surface area contributed by atoms with E-state index in [2.05, 4.69) is 34.1 Å². The molecule has 0 bridgehead atoms. The van der Waals surface area contributed by atoms with Crippen LogP contribution in [0.1, 0.15) is 116 Å². The van der Waals surface area contributed by atoms with Crippen molar-refractivity contribution in [3.63, 3.8) is 0 Å². The molecule has 15 nitrogen and oxygen atoms in total. The molecule has 3 aromatic carbocycles. The number of quaternary nitrogens is 1. The molecule has 5 atom stereocenters. The zero-order chi connectivity index (χ0) is 52.8. The van der Waals surface area contributed by atoms with Crippen molar-refractivity contribution in [2.24, 2.45) is 11.8 Å². The number of rotatable bonds is 31. The molecule has 0 saturated carbocycles. The van der Waals surface area contributed by atoms with Crippen LogP contribution in [0.25, 0.3) is 0 Å². The van der Waals surface area contributed by atoms with Crippen molar-refractivity contribution in [3.8, 4) is 23.8 Å². The number of benzene rings is 3. The van der Waals surface area contributed by atoms with E-state index in [1.807, 2.05) is 94.4 Å². The first-order chi connectivity index (χ1) is 35.0. The lowest BCUT2D eigenvalue weighted by Crippen LogP contribution is -2.61. The minimum Gasteiger partial charge on any atom is -0.477 e. The zero-order valence-electron chi connectivity index (χ0n) is 44.0. The van der Waals surface area contributed by atoms with Crippen molar-refractivity contribution in [2.75, 3.05) is 46.1 Å². The van der Waals surface area contributed by atoms with Gasteiger partial charge in [-0.1, -0.05) is 127 Å². The number of morpholine rings is 1. The number of nitrogens with zero attached hydrogens (tertiary/aromatic N) is 1. The molecule has 5 rings (SSSR count). The fraction of sp³-hybridized carbons (Fsp3) is 0.552. The maximum absolute atomic E-state index is 14.6. The Morgan fingerprint density at radius 2 is 1.30 bits per heavy atom. The van der Waals surface area contributed by atoms with Gasteiger partial charge in [0.15, 0.2) is 23.8 Å². The van der Waals surface area contributed by atoms with Gasteiger partial charge in [-0.15, -0.1) is 6.42 Å². The zero-order valence-corrected chi connectivity index (χ0v) is 44.0. The minimum atomic E-state index is -1.09. The Balaban J connectivity index is 1.34. The van der Waals surface area contributed by atoms with Gasteiger partial charge in [-0.05, 0) is 80.2 Å². The van der Waals surface area contributed by atoms with E-state index in [4.69, 9.17) is 25.4 Å². The SMILES string of the molecule is C#CCOc1cc(C[N+]2(CC(=O)NC(CCc3ccccc3)C(=O)NC(CC(C)C)C(=O)NC(Cc3ccccc3)C(=O)NC(CC(C)C)C(=O)[C@@]3(C)CO3)CCOCC2)ccc1OC(=O)CCCCCCC. The largest absolute Gasteiger partial charge is 0.477 e. The van der Waals surface area contributed by atoms with Crippen LogP contribution in [-0.2, 0) is 57.6 Å². The Bertz CT molecular complexity index is 2310. The van der Waals surface area contributed by atoms with Crippen LogP contribution < -0.4 is 30.7 Å². The number of terminal acetylenes is 1. The number of epoxide rings is 1. The Kier molecular flexibility index (Phi) is 22.9. The highest BCUT2D eigenvalue weighted by Gasteiger charge is 2.50. The Morgan fingerprint density at radius 1 is 0.712 bits per heavy atom. The Morgan fingerprint density at radius 3 is 1.93 bits per heavy atom. The van der Waals surface area contributed by atoms with Gasteiger partial charge in [0.2, 0.25) is 17.7 Å². The molecule has 4 amide bonds. The van der Waals surface area contributed by atoms with Gasteiger partial charge in [-0.25, -0.2) is 0 Å². The summed E-state index contributed by atoms with van der Waals surface area (Å²) < 4.78 is 23.2. The fourth-order valence-corrected chi connectivity index (χ4v) is 9.17. The third-order valence-electron chi connectivity index (χ3n) is 13.4. The van der Waals surface area contributed by atoms with Gasteiger partial charge in [0.1, 0.15) is 50.0 Å². The summed E-state index contributed by atoms with van der Waals surface area (Å²) in [4.78, 5) is 84.1. The number of ketones is 1. The standard InChI is InChI=1S/C58H79N5O10/c1-8-10-11-12-19-24-53(65)73-50-28-26-45(37-51(50)71-31-9-2)38-63(29-32-70-33-30-63)39-52(64)59-46(27-25-43-20-15-13-16-21-43)55(67)61-48(35-42(5)6)56(68)62-49(36-44-22-17-14-18-23-44)57(69)60-47(34-41(3)4)54(66)58(7)40-72-58/h2,13-18,20-23,26,28,37,41-42,46-49H,8,10-12,19,24-25,27,29-36,38-40H2,1,3-7H3,(H3-,59,60,61,62,64,67,68,69)/p+1/t46?,47?,48?,49?,58-/m1/s1. The molecule has 0 spiro atoms. The molecule has 0 radical (unpaired) electrons. The summed E-state index contributed by atoms with van der Waals surface area (Å²) in [6, 6.07) is 20.3. The summed E-state index contributed by atoms with van der Waals surface area (Å²) >= 11 is 0. The summed E-state index contributed by atoms with van der Waals surface area (Å²) in [5, 5.41) is 11.9. The number of hydrogen-bond donors (Lipinski definition) is 4. The van der Waals surface area contributed by atoms with Crippen molar-refractivity contribution in [1.29, 1.82) is 0 Å². The van der Waals surface area contributed by atoms with Gasteiger partial charge in [-0.3, -0.25) is 28.8 Å². The predicted molar refractivity (Wildman–Crippen MR) is 280 cm³/mol. The summed E-state index contributed by atoms with van der Waals surface area (Å²) in [5.74, 6) is 0.568. The molecule has 0 aliphatic carbocycles. The van der Waals surface area contributed by atoms with Crippen LogP contribution in [-0.4, -0.2) is 116 Å². The molecule has 396 valence electrons. The third kappa shape index (κ3) is 19.4. The fourth-order valence-electron chi connectivity index (χ4n) is 9.17. The predicted octanol–water partition coefficient (Wildman–Crippen LogP) is 6.58. The number of unbranched alkanes of at least 4 members (excludes halogenated alkanes) is 4. The minimum absolute atomic E-state index is 0.0194. The van der Waals surface area contributed by atoms with E-state index >= 15 is 0 Å². The number of amides is 4. The molecule has 2 aliphatic heterocycles. The molecule has 3 aromatic rings. The number of carbonyl (C=O) groups is 6. The topological polar surface area (TPSA) is 191 Å². The van der Waals surface area contributed by atoms with E-state index in [1.54, 1.807) is 19.1 Å². The van der Waals surface area contributed by atoms with Crippen LogP contribution in [0.5, 0.6) is 11.5 Å². The normalized spacial score (nSPS) is 17.5. The van der Waals surface area contributed by atoms with Gasteiger partial charge in [-0.2, -0.15) is 0 Å².